The van der Waals surface area contributed by atoms with E-state index in [9.17, 15) is 0 Å². The van der Waals surface area contributed by atoms with E-state index in [1.54, 1.807) is 0 Å². The Kier molecular flexibility index (Phi) is 4.72. The van der Waals surface area contributed by atoms with Gasteiger partial charge in [0.15, 0.2) is 0 Å². The number of likely N-dealkylation sites (N-methyl/N-ethyl adjacent to an activating group) is 1. The summed E-state index contributed by atoms with van der Waals surface area (Å²) in [4.78, 5) is 14.4. The van der Waals surface area contributed by atoms with Gasteiger partial charge >= 0.3 is 0 Å². The number of piperidine rings is 1. The summed E-state index contributed by atoms with van der Waals surface area (Å²) in [6, 6.07) is 4.24. The Balaban J connectivity index is 1.42. The van der Waals surface area contributed by atoms with Gasteiger partial charge < -0.3 is 4.57 Å². The molecule has 5 rings (SSSR count). The van der Waals surface area contributed by atoms with E-state index in [1.807, 2.05) is 30.3 Å². The van der Waals surface area contributed by atoms with Crippen molar-refractivity contribution in [1.82, 2.24) is 34.1 Å². The van der Waals surface area contributed by atoms with Crippen molar-refractivity contribution in [2.24, 2.45) is 7.05 Å². The van der Waals surface area contributed by atoms with Gasteiger partial charge in [0.2, 0.25) is 0 Å². The molecule has 152 valence electrons. The van der Waals surface area contributed by atoms with Crippen molar-refractivity contribution < 1.29 is 0 Å². The molecule has 29 heavy (non-hydrogen) atoms. The number of imidazole rings is 1. The van der Waals surface area contributed by atoms with Crippen LogP contribution in [-0.4, -0.2) is 60.3 Å². The normalized spacial score (nSPS) is 19.5. The third-order valence-electron chi connectivity index (χ3n) is 6.69. The first-order chi connectivity index (χ1) is 14.2. The van der Waals surface area contributed by atoms with Crippen LogP contribution in [0.2, 0.25) is 0 Å². The van der Waals surface area contributed by atoms with Crippen LogP contribution in [0.4, 0.5) is 0 Å². The molecule has 3 aromatic heterocycles. The average molecular weight is 392 g/mol. The van der Waals surface area contributed by atoms with Crippen LogP contribution < -0.4 is 0 Å². The number of nitrogens with zero attached hydrogens (tertiary/aromatic N) is 7. The van der Waals surface area contributed by atoms with Crippen LogP contribution in [0.15, 0.2) is 43.1 Å². The molecule has 0 unspecified atom stereocenters. The van der Waals surface area contributed by atoms with Gasteiger partial charge in [0.1, 0.15) is 5.82 Å². The van der Waals surface area contributed by atoms with E-state index in [2.05, 4.69) is 55.9 Å². The first-order valence-corrected chi connectivity index (χ1v) is 10.6. The molecule has 0 bridgehead atoms. The fraction of sp³-hybridized carbons (Fsp3) is 0.500. The zero-order valence-electron chi connectivity index (χ0n) is 17.3. The van der Waals surface area contributed by atoms with Crippen molar-refractivity contribution in [2.45, 2.75) is 38.4 Å². The maximum Gasteiger partial charge on any atom is 0.129 e. The van der Waals surface area contributed by atoms with E-state index >= 15 is 0 Å². The third kappa shape index (κ3) is 3.18. The molecule has 0 saturated carbocycles. The lowest BCUT2D eigenvalue weighted by molar-refractivity contribution is -0.00772. The van der Waals surface area contributed by atoms with E-state index in [4.69, 9.17) is 4.98 Å². The summed E-state index contributed by atoms with van der Waals surface area (Å²) in [5.74, 6) is 1.24. The topological polar surface area (TPSA) is 55.0 Å². The molecular formula is C22H29N7. The highest BCUT2D eigenvalue weighted by Crippen LogP contribution is 2.42. The maximum atomic E-state index is 4.98. The van der Waals surface area contributed by atoms with Crippen LogP contribution in [-0.2, 0) is 25.7 Å². The van der Waals surface area contributed by atoms with Crippen molar-refractivity contribution in [3.63, 3.8) is 0 Å². The average Bonchev–Trinajstić information content (AvgIpc) is 3.37. The molecule has 0 atom stereocenters. The standard InChI is InChI=1S/C22H29N7/c1-3-28-12-13-29-20(19-14-25-26(2)17-19)15-24-21(29)22(28)6-10-27(11-7-22)16-18-4-8-23-9-5-18/h4-5,8-9,14-15,17H,3,6-7,10-13,16H2,1-2H3. The van der Waals surface area contributed by atoms with Crippen LogP contribution in [0, 0.1) is 0 Å². The Hall–Kier alpha value is -2.51. The lowest BCUT2D eigenvalue weighted by atomic mass is 9.83. The molecule has 2 aliphatic rings. The van der Waals surface area contributed by atoms with Crippen molar-refractivity contribution in [2.75, 3.05) is 26.2 Å². The Labute approximate surface area is 172 Å². The van der Waals surface area contributed by atoms with Crippen molar-refractivity contribution in [3.8, 4) is 11.3 Å². The molecule has 1 fully saturated rings. The molecular weight excluding hydrogens is 362 g/mol. The smallest absolute Gasteiger partial charge is 0.129 e. The number of pyridine rings is 1. The zero-order chi connectivity index (χ0) is 19.8. The van der Waals surface area contributed by atoms with Gasteiger partial charge in [-0.15, -0.1) is 0 Å². The van der Waals surface area contributed by atoms with Crippen molar-refractivity contribution in [1.29, 1.82) is 0 Å². The number of aromatic nitrogens is 5. The molecule has 5 heterocycles. The maximum absolute atomic E-state index is 4.98. The summed E-state index contributed by atoms with van der Waals surface area (Å²) in [6.45, 7) is 8.61. The van der Waals surface area contributed by atoms with Crippen LogP contribution in [0.25, 0.3) is 11.3 Å². The van der Waals surface area contributed by atoms with Crippen LogP contribution in [0.1, 0.15) is 31.2 Å². The van der Waals surface area contributed by atoms with Gasteiger partial charge in [-0.25, -0.2) is 4.98 Å². The van der Waals surface area contributed by atoms with E-state index in [0.717, 1.165) is 57.7 Å². The van der Waals surface area contributed by atoms with E-state index in [1.165, 1.54) is 17.1 Å². The molecule has 1 spiro atoms. The summed E-state index contributed by atoms with van der Waals surface area (Å²) in [5.41, 5.74) is 3.73. The number of rotatable bonds is 4. The highest BCUT2D eigenvalue weighted by molar-refractivity contribution is 5.57. The summed E-state index contributed by atoms with van der Waals surface area (Å²) in [6.07, 6.45) is 12.1. The predicted octanol–water partition coefficient (Wildman–Crippen LogP) is 2.51. The van der Waals surface area contributed by atoms with Gasteiger partial charge in [-0.3, -0.25) is 19.5 Å². The second kappa shape index (κ2) is 7.39. The highest BCUT2D eigenvalue weighted by Gasteiger charge is 2.46. The molecule has 7 heteroatoms. The SMILES string of the molecule is CCN1CCn2c(-c3cnn(C)c3)cnc2C12CCN(Cc1ccncc1)CC2. The van der Waals surface area contributed by atoms with Gasteiger partial charge in [0, 0.05) is 63.9 Å². The molecule has 0 N–H and O–H groups in total. The van der Waals surface area contributed by atoms with Gasteiger partial charge in [-0.1, -0.05) is 6.92 Å². The lowest BCUT2D eigenvalue weighted by Crippen LogP contribution is -2.57. The van der Waals surface area contributed by atoms with Gasteiger partial charge in [0.05, 0.1) is 23.6 Å². The van der Waals surface area contributed by atoms with Gasteiger partial charge in [-0.2, -0.15) is 5.10 Å². The monoisotopic (exact) mass is 391 g/mol. The number of hydrogen-bond acceptors (Lipinski definition) is 5. The van der Waals surface area contributed by atoms with Crippen LogP contribution in [0.5, 0.6) is 0 Å². The predicted molar refractivity (Wildman–Crippen MR) is 112 cm³/mol. The number of hydrogen-bond donors (Lipinski definition) is 0. The fourth-order valence-corrected chi connectivity index (χ4v) is 5.16. The Morgan fingerprint density at radius 1 is 1.03 bits per heavy atom. The van der Waals surface area contributed by atoms with E-state index in [0.29, 0.717) is 0 Å². The first-order valence-electron chi connectivity index (χ1n) is 10.6. The van der Waals surface area contributed by atoms with E-state index in [-0.39, 0.29) is 5.54 Å². The molecule has 0 aliphatic carbocycles. The third-order valence-corrected chi connectivity index (χ3v) is 6.69. The summed E-state index contributed by atoms with van der Waals surface area (Å²) >= 11 is 0. The quantitative estimate of drug-likeness (QED) is 0.684. The second-order valence-electron chi connectivity index (χ2n) is 8.26. The number of fused-ring (bicyclic) bond motifs is 2. The van der Waals surface area contributed by atoms with E-state index < -0.39 is 0 Å². The molecule has 0 radical (unpaired) electrons. The summed E-state index contributed by atoms with van der Waals surface area (Å²) < 4.78 is 4.31. The minimum Gasteiger partial charge on any atom is -0.325 e. The Bertz CT molecular complexity index is 966. The zero-order valence-corrected chi connectivity index (χ0v) is 17.3. The number of likely N-dealkylation sites (tertiary alicyclic amines) is 1. The molecule has 0 aromatic carbocycles. The minimum atomic E-state index is 0.0439. The molecule has 2 aliphatic heterocycles. The molecule has 3 aromatic rings. The molecule has 1 saturated heterocycles. The van der Waals surface area contributed by atoms with Crippen molar-refractivity contribution in [3.05, 3.63) is 54.5 Å². The summed E-state index contributed by atoms with van der Waals surface area (Å²) in [5, 5.41) is 4.36. The highest BCUT2D eigenvalue weighted by atomic mass is 15.3. The van der Waals surface area contributed by atoms with Crippen LogP contribution >= 0.6 is 0 Å². The second-order valence-corrected chi connectivity index (χ2v) is 8.26. The number of aryl methyl sites for hydroxylation is 1. The largest absolute Gasteiger partial charge is 0.325 e. The summed E-state index contributed by atoms with van der Waals surface area (Å²) in [7, 11) is 1.97. The first kappa shape index (κ1) is 18.5. The van der Waals surface area contributed by atoms with Crippen molar-refractivity contribution >= 4 is 0 Å². The molecule has 0 amide bonds. The van der Waals surface area contributed by atoms with Gasteiger partial charge in [-0.05, 0) is 37.1 Å². The fourth-order valence-electron chi connectivity index (χ4n) is 5.16. The van der Waals surface area contributed by atoms with Gasteiger partial charge in [0.25, 0.3) is 0 Å². The Morgan fingerprint density at radius 3 is 2.52 bits per heavy atom. The van der Waals surface area contributed by atoms with Crippen LogP contribution in [0.3, 0.4) is 0 Å². The lowest BCUT2D eigenvalue weighted by Gasteiger charge is -2.50. The molecule has 7 nitrogen and oxygen atoms in total. The minimum absolute atomic E-state index is 0.0439. The Morgan fingerprint density at radius 2 is 1.83 bits per heavy atom.